The molecule has 1 aromatic carbocycles. The first-order chi connectivity index (χ1) is 21.6. The van der Waals surface area contributed by atoms with Gasteiger partial charge in [-0.15, -0.1) is 0 Å². The number of alkyl halides is 2. The summed E-state index contributed by atoms with van der Waals surface area (Å²) in [6.07, 6.45) is 12.6. The number of pyridine rings is 2. The molecule has 2 bridgehead atoms. The fourth-order valence-corrected chi connectivity index (χ4v) is 6.70. The van der Waals surface area contributed by atoms with Gasteiger partial charge in [-0.3, -0.25) is 4.98 Å². The van der Waals surface area contributed by atoms with Crippen molar-refractivity contribution < 1.29 is 37.4 Å². The van der Waals surface area contributed by atoms with Crippen molar-refractivity contribution in [3.8, 4) is 22.8 Å². The van der Waals surface area contributed by atoms with Crippen LogP contribution in [0.25, 0.3) is 28.2 Å². The van der Waals surface area contributed by atoms with Gasteiger partial charge in [0.2, 0.25) is 0 Å². The number of benzene rings is 1. The highest BCUT2D eigenvalue weighted by molar-refractivity contribution is 6.39. The van der Waals surface area contributed by atoms with Crippen LogP contribution in [0.4, 0.5) is 8.78 Å². The van der Waals surface area contributed by atoms with E-state index in [0.29, 0.717) is 46.2 Å². The smallest absolute Gasteiger partial charge is 0.387 e. The van der Waals surface area contributed by atoms with Crippen molar-refractivity contribution in [2.45, 2.75) is 56.7 Å². The lowest BCUT2D eigenvalue weighted by Crippen LogP contribution is -2.52. The van der Waals surface area contributed by atoms with Crippen molar-refractivity contribution in [3.63, 3.8) is 0 Å². The van der Waals surface area contributed by atoms with E-state index in [2.05, 4.69) is 25.9 Å². The summed E-state index contributed by atoms with van der Waals surface area (Å²) in [4.78, 5) is 19.5. The molecule has 2 aliphatic heterocycles. The third-order valence-corrected chi connectivity index (χ3v) is 9.47. The molecule has 9 nitrogen and oxygen atoms in total. The number of halogens is 4. The van der Waals surface area contributed by atoms with Crippen LogP contribution in [0.5, 0.6) is 11.5 Å². The Labute approximate surface area is 266 Å². The van der Waals surface area contributed by atoms with Crippen molar-refractivity contribution in [3.05, 3.63) is 69.8 Å². The largest absolute Gasteiger partial charge is 0.493 e. The molecular weight excluding hydrogens is 631 g/mol. The third-order valence-electron chi connectivity index (χ3n) is 8.89. The van der Waals surface area contributed by atoms with Gasteiger partial charge in [0.1, 0.15) is 23.0 Å². The number of rotatable bonds is 10. The summed E-state index contributed by atoms with van der Waals surface area (Å²) in [5.74, 6) is -0.0503. The Morgan fingerprint density at radius 3 is 2.53 bits per heavy atom. The normalized spacial score (nSPS) is 22.9. The van der Waals surface area contributed by atoms with Crippen molar-refractivity contribution in [2.24, 2.45) is 5.41 Å². The van der Waals surface area contributed by atoms with Crippen molar-refractivity contribution in [2.75, 3.05) is 13.2 Å². The van der Waals surface area contributed by atoms with Crippen molar-refractivity contribution >= 4 is 46.2 Å². The van der Waals surface area contributed by atoms with Gasteiger partial charge in [0, 0.05) is 46.3 Å². The lowest BCUT2D eigenvalue weighted by Gasteiger charge is -2.51. The first-order valence-corrected chi connectivity index (χ1v) is 15.3. The molecule has 0 atom stereocenters. The topological polar surface area (TPSA) is 117 Å². The van der Waals surface area contributed by atoms with E-state index >= 15 is 0 Å². The molecule has 2 aliphatic carbocycles. The Kier molecular flexibility index (Phi) is 7.66. The molecule has 4 fully saturated rings. The van der Waals surface area contributed by atoms with Crippen LogP contribution >= 0.6 is 23.2 Å². The van der Waals surface area contributed by atoms with Gasteiger partial charge in [-0.2, -0.15) is 8.78 Å². The molecule has 45 heavy (non-hydrogen) atoms. The molecule has 4 aromatic rings. The molecule has 2 saturated carbocycles. The van der Waals surface area contributed by atoms with Crippen LogP contribution in [-0.2, 0) is 4.74 Å². The zero-order valence-corrected chi connectivity index (χ0v) is 25.3. The van der Waals surface area contributed by atoms with Crippen LogP contribution < -0.4 is 9.47 Å². The van der Waals surface area contributed by atoms with Gasteiger partial charge < -0.3 is 23.8 Å². The van der Waals surface area contributed by atoms with Crippen LogP contribution in [0.1, 0.15) is 66.3 Å². The maximum Gasteiger partial charge on any atom is 0.387 e. The van der Waals surface area contributed by atoms with Gasteiger partial charge in [-0.05, 0) is 56.7 Å². The zero-order chi connectivity index (χ0) is 31.3. The number of fused-ring (bicyclic) bond motifs is 4. The van der Waals surface area contributed by atoms with E-state index in [0.717, 1.165) is 55.9 Å². The molecule has 0 spiro atoms. The summed E-state index contributed by atoms with van der Waals surface area (Å²) in [5.41, 5.74) is 1.19. The van der Waals surface area contributed by atoms with Gasteiger partial charge in [0.25, 0.3) is 0 Å². The Hall–Kier alpha value is -3.80. The van der Waals surface area contributed by atoms with E-state index in [4.69, 9.17) is 37.2 Å². The second-order valence-corrected chi connectivity index (χ2v) is 12.7. The van der Waals surface area contributed by atoms with Gasteiger partial charge in [0.15, 0.2) is 5.69 Å². The highest BCUT2D eigenvalue weighted by atomic mass is 35.5. The summed E-state index contributed by atoms with van der Waals surface area (Å²) < 4.78 is 49.2. The second-order valence-electron chi connectivity index (χ2n) is 11.9. The Morgan fingerprint density at radius 2 is 1.89 bits per heavy atom. The molecule has 0 radical (unpaired) electrons. The first-order valence-electron chi connectivity index (χ1n) is 14.5. The SMILES string of the molecule is O=C(O)c1cc(OC(F)F)c2cc(OCC34CCC(/C=C/c5c(-c6c(Cl)cncc6Cl)noc5C5CC5)(CC3)OC4)ccc2n1. The summed E-state index contributed by atoms with van der Waals surface area (Å²) in [6, 6.07) is 5.69. The van der Waals surface area contributed by atoms with Crippen LogP contribution in [-0.4, -0.2) is 51.6 Å². The number of carbonyl (C=O) groups is 1. The van der Waals surface area contributed by atoms with E-state index < -0.39 is 23.9 Å². The van der Waals surface area contributed by atoms with Gasteiger partial charge >= 0.3 is 12.6 Å². The van der Waals surface area contributed by atoms with E-state index in [1.54, 1.807) is 6.07 Å². The highest BCUT2D eigenvalue weighted by Crippen LogP contribution is 2.51. The van der Waals surface area contributed by atoms with Crippen LogP contribution in [0, 0.1) is 5.41 Å². The molecule has 234 valence electrons. The fraction of sp³-hybridized carbons (Fsp3) is 0.375. The standard InChI is InChI=1S/C32H27Cl2F2N3O6/c33-21-13-37-14-22(34)26(21)27-19(28(45-39-27)17-1-2-17)5-6-32-9-7-31(8-10-32,16-43-32)15-42-18-3-4-23-20(11-18)25(44-30(35)36)12-24(38-23)29(40)41/h3-6,11-14,17,30H,1-2,7-10,15-16H2,(H,40,41)/b6-5+. The lowest BCUT2D eigenvalue weighted by atomic mass is 9.66. The van der Waals surface area contributed by atoms with E-state index in [-0.39, 0.29) is 22.1 Å². The van der Waals surface area contributed by atoms with E-state index in [1.807, 2.05) is 6.08 Å². The molecule has 1 N–H and O–H groups in total. The van der Waals surface area contributed by atoms with Crippen LogP contribution in [0.3, 0.4) is 0 Å². The van der Waals surface area contributed by atoms with Crippen LogP contribution in [0.2, 0.25) is 10.0 Å². The summed E-state index contributed by atoms with van der Waals surface area (Å²) in [5, 5.41) is 14.7. The number of carboxylic acid groups (broad SMARTS) is 1. The number of aromatic nitrogens is 3. The molecule has 13 heteroatoms. The maximum atomic E-state index is 13.1. The predicted octanol–water partition coefficient (Wildman–Crippen LogP) is 8.19. The van der Waals surface area contributed by atoms with E-state index in [1.165, 1.54) is 24.5 Å². The Balaban J connectivity index is 1.07. The van der Waals surface area contributed by atoms with Crippen molar-refractivity contribution in [1.82, 2.24) is 15.1 Å². The van der Waals surface area contributed by atoms with Gasteiger partial charge in [-0.25, -0.2) is 9.78 Å². The number of nitrogens with zero attached hydrogens (tertiary/aromatic N) is 3. The molecule has 8 rings (SSSR count). The van der Waals surface area contributed by atoms with Crippen molar-refractivity contribution in [1.29, 1.82) is 0 Å². The fourth-order valence-electron chi connectivity index (χ4n) is 6.16. The molecule has 4 aliphatic rings. The minimum atomic E-state index is -3.13. The maximum absolute atomic E-state index is 13.1. The Morgan fingerprint density at radius 1 is 1.13 bits per heavy atom. The first kappa shape index (κ1) is 29.9. The molecule has 3 aromatic heterocycles. The van der Waals surface area contributed by atoms with Crippen LogP contribution in [0.15, 0.2) is 47.3 Å². The number of aromatic carboxylic acids is 1. The predicted molar refractivity (Wildman–Crippen MR) is 161 cm³/mol. The van der Waals surface area contributed by atoms with Gasteiger partial charge in [0.05, 0.1) is 34.4 Å². The summed E-state index contributed by atoms with van der Waals surface area (Å²) >= 11 is 12.9. The highest BCUT2D eigenvalue weighted by Gasteiger charge is 2.49. The van der Waals surface area contributed by atoms with E-state index in [9.17, 15) is 18.7 Å². The second kappa shape index (κ2) is 11.5. The summed E-state index contributed by atoms with van der Waals surface area (Å²) in [6.45, 7) is -2.27. The lowest BCUT2D eigenvalue weighted by molar-refractivity contribution is -0.167. The molecule has 0 unspecified atom stereocenters. The number of hydrogen-bond donors (Lipinski definition) is 1. The quantitative estimate of drug-likeness (QED) is 0.180. The van der Waals surface area contributed by atoms with Gasteiger partial charge in [-0.1, -0.05) is 40.5 Å². The zero-order valence-electron chi connectivity index (χ0n) is 23.8. The number of hydrogen-bond acceptors (Lipinski definition) is 8. The Bertz CT molecular complexity index is 1780. The monoisotopic (exact) mass is 657 g/mol. The molecular formula is C32H27Cl2F2N3O6. The average Bonchev–Trinajstić information content (AvgIpc) is 3.79. The third kappa shape index (κ3) is 5.84. The summed E-state index contributed by atoms with van der Waals surface area (Å²) in [7, 11) is 0. The molecule has 2 saturated heterocycles. The average molecular weight is 658 g/mol. The number of ether oxygens (including phenoxy) is 3. The molecule has 5 heterocycles. The number of carboxylic acids is 1. The minimum absolute atomic E-state index is 0.209. The molecule has 0 amide bonds. The minimum Gasteiger partial charge on any atom is -0.493 e.